The molecule has 0 aliphatic carbocycles. The standard InChI is InChI=1S/C26H33N5O2/c1-17-8-9-23(33-4)20(13-17)26(32)30-11-6-5-7-22(30)21-14-24-27-25(19(3)16-31(24)28-21)29-12-10-18(2)15-29/h8-9,13-14,16,18,22H,5-7,10-12,15H2,1-4H3/t18-,22-/m0/s1. The van der Waals surface area contributed by atoms with Gasteiger partial charge in [0.1, 0.15) is 11.6 Å². The molecule has 5 rings (SSSR count). The molecular formula is C26H33N5O2. The average molecular weight is 448 g/mol. The van der Waals surface area contributed by atoms with E-state index in [-0.39, 0.29) is 11.9 Å². The summed E-state index contributed by atoms with van der Waals surface area (Å²) in [6.07, 6.45) is 6.26. The van der Waals surface area contributed by atoms with Crippen molar-refractivity contribution < 1.29 is 9.53 Å². The van der Waals surface area contributed by atoms with E-state index in [0.29, 0.717) is 17.2 Å². The molecule has 174 valence electrons. The minimum absolute atomic E-state index is 0.00758. The number of rotatable bonds is 4. The van der Waals surface area contributed by atoms with Gasteiger partial charge in [0.25, 0.3) is 5.91 Å². The quantitative estimate of drug-likeness (QED) is 0.586. The third kappa shape index (κ3) is 4.05. The van der Waals surface area contributed by atoms with E-state index in [1.807, 2.05) is 34.5 Å². The highest BCUT2D eigenvalue weighted by molar-refractivity contribution is 5.97. The van der Waals surface area contributed by atoms with Gasteiger partial charge < -0.3 is 14.5 Å². The van der Waals surface area contributed by atoms with Gasteiger partial charge in [-0.2, -0.15) is 5.10 Å². The maximum atomic E-state index is 13.6. The SMILES string of the molecule is COc1ccc(C)cc1C(=O)N1CCCC[C@H]1c1cc2nc(N3CC[C@H](C)C3)c(C)cn2n1. The van der Waals surface area contributed by atoms with Crippen molar-refractivity contribution in [3.05, 3.63) is 52.8 Å². The first-order chi connectivity index (χ1) is 15.9. The molecule has 7 nitrogen and oxygen atoms in total. The van der Waals surface area contributed by atoms with Crippen molar-refractivity contribution in [1.82, 2.24) is 19.5 Å². The second-order valence-electron chi connectivity index (χ2n) is 9.67. The molecule has 0 spiro atoms. The van der Waals surface area contributed by atoms with E-state index in [0.717, 1.165) is 67.2 Å². The molecule has 3 aromatic rings. The lowest BCUT2D eigenvalue weighted by Gasteiger charge is -2.35. The van der Waals surface area contributed by atoms with Crippen molar-refractivity contribution in [2.75, 3.05) is 31.6 Å². The van der Waals surface area contributed by atoms with E-state index in [1.165, 1.54) is 6.42 Å². The Labute approximate surface area is 195 Å². The van der Waals surface area contributed by atoms with Crippen LogP contribution in [0, 0.1) is 19.8 Å². The fourth-order valence-electron chi connectivity index (χ4n) is 5.26. The minimum atomic E-state index is -0.0614. The summed E-state index contributed by atoms with van der Waals surface area (Å²) in [5.41, 5.74) is 4.55. The Bertz CT molecular complexity index is 1190. The lowest BCUT2D eigenvalue weighted by atomic mass is 9.97. The van der Waals surface area contributed by atoms with Crippen LogP contribution in [0.4, 0.5) is 5.82 Å². The molecule has 0 unspecified atom stereocenters. The van der Waals surface area contributed by atoms with Crippen molar-refractivity contribution in [3.8, 4) is 5.75 Å². The van der Waals surface area contributed by atoms with Crippen LogP contribution >= 0.6 is 0 Å². The van der Waals surface area contributed by atoms with Crippen molar-refractivity contribution in [1.29, 1.82) is 0 Å². The molecule has 7 heteroatoms. The van der Waals surface area contributed by atoms with E-state index in [4.69, 9.17) is 14.8 Å². The van der Waals surface area contributed by atoms with Crippen LogP contribution in [-0.4, -0.2) is 52.1 Å². The third-order valence-electron chi connectivity index (χ3n) is 7.04. The number of hydrogen-bond donors (Lipinski definition) is 0. The number of aryl methyl sites for hydroxylation is 2. The summed E-state index contributed by atoms with van der Waals surface area (Å²) in [6, 6.07) is 7.77. The second kappa shape index (κ2) is 8.69. The molecule has 2 aliphatic heterocycles. The fourth-order valence-corrected chi connectivity index (χ4v) is 5.26. The van der Waals surface area contributed by atoms with Gasteiger partial charge in [-0.3, -0.25) is 4.79 Å². The van der Waals surface area contributed by atoms with E-state index in [1.54, 1.807) is 7.11 Å². The summed E-state index contributed by atoms with van der Waals surface area (Å²) in [5.74, 6) is 2.38. The van der Waals surface area contributed by atoms with E-state index >= 15 is 0 Å². The number of ether oxygens (including phenoxy) is 1. The molecule has 0 N–H and O–H groups in total. The number of aromatic nitrogens is 3. The molecule has 0 bridgehead atoms. The third-order valence-corrected chi connectivity index (χ3v) is 7.04. The van der Waals surface area contributed by atoms with Gasteiger partial charge in [-0.1, -0.05) is 18.6 Å². The van der Waals surface area contributed by atoms with Gasteiger partial charge in [0, 0.05) is 37.5 Å². The van der Waals surface area contributed by atoms with E-state index in [2.05, 4.69) is 31.0 Å². The van der Waals surface area contributed by atoms with Crippen molar-refractivity contribution in [3.63, 3.8) is 0 Å². The molecular weight excluding hydrogens is 414 g/mol. The maximum absolute atomic E-state index is 13.6. The molecule has 2 atom stereocenters. The van der Waals surface area contributed by atoms with Gasteiger partial charge >= 0.3 is 0 Å². The number of carbonyl (C=O) groups excluding carboxylic acids is 1. The Balaban J connectivity index is 1.48. The number of nitrogens with zero attached hydrogens (tertiary/aromatic N) is 5. The zero-order chi connectivity index (χ0) is 23.1. The lowest BCUT2D eigenvalue weighted by molar-refractivity contribution is 0.0602. The minimum Gasteiger partial charge on any atom is -0.496 e. The highest BCUT2D eigenvalue weighted by Gasteiger charge is 2.32. The molecule has 4 heterocycles. The zero-order valence-corrected chi connectivity index (χ0v) is 20.0. The molecule has 33 heavy (non-hydrogen) atoms. The van der Waals surface area contributed by atoms with Gasteiger partial charge in [0.05, 0.1) is 24.4 Å². The summed E-state index contributed by atoms with van der Waals surface area (Å²) in [7, 11) is 1.62. The first kappa shape index (κ1) is 21.7. The predicted octanol–water partition coefficient (Wildman–Crippen LogP) is 4.57. The first-order valence-electron chi connectivity index (χ1n) is 12.0. The molecule has 1 aromatic carbocycles. The number of amides is 1. The number of benzene rings is 1. The summed E-state index contributed by atoms with van der Waals surface area (Å²) in [4.78, 5) is 23.0. The highest BCUT2D eigenvalue weighted by atomic mass is 16.5. The summed E-state index contributed by atoms with van der Waals surface area (Å²) < 4.78 is 7.38. The first-order valence-corrected chi connectivity index (χ1v) is 12.0. The Kier molecular flexibility index (Phi) is 5.72. The van der Waals surface area contributed by atoms with Crippen LogP contribution < -0.4 is 9.64 Å². The summed E-state index contributed by atoms with van der Waals surface area (Å²) in [6.45, 7) is 9.22. The van der Waals surface area contributed by atoms with Crippen LogP contribution in [0.25, 0.3) is 5.65 Å². The Morgan fingerprint density at radius 3 is 2.73 bits per heavy atom. The molecule has 1 amide bonds. The van der Waals surface area contributed by atoms with Crippen LogP contribution in [0.15, 0.2) is 30.5 Å². The largest absolute Gasteiger partial charge is 0.496 e. The van der Waals surface area contributed by atoms with Crippen molar-refractivity contribution in [2.24, 2.45) is 5.92 Å². The Morgan fingerprint density at radius 2 is 1.97 bits per heavy atom. The van der Waals surface area contributed by atoms with Gasteiger partial charge in [-0.15, -0.1) is 0 Å². The van der Waals surface area contributed by atoms with Crippen molar-refractivity contribution >= 4 is 17.4 Å². The van der Waals surface area contributed by atoms with Crippen LogP contribution in [0.3, 0.4) is 0 Å². The average Bonchev–Trinajstić information content (AvgIpc) is 3.43. The van der Waals surface area contributed by atoms with E-state index < -0.39 is 0 Å². The Hall–Kier alpha value is -3.09. The summed E-state index contributed by atoms with van der Waals surface area (Å²) >= 11 is 0. The van der Waals surface area contributed by atoms with Crippen LogP contribution in [0.1, 0.15) is 65.8 Å². The van der Waals surface area contributed by atoms with E-state index in [9.17, 15) is 4.79 Å². The second-order valence-corrected chi connectivity index (χ2v) is 9.67. The Morgan fingerprint density at radius 1 is 1.12 bits per heavy atom. The topological polar surface area (TPSA) is 63.0 Å². The molecule has 0 saturated carbocycles. The number of methoxy groups -OCH3 is 1. The number of hydrogen-bond acceptors (Lipinski definition) is 5. The smallest absolute Gasteiger partial charge is 0.258 e. The van der Waals surface area contributed by atoms with Crippen LogP contribution in [0.5, 0.6) is 5.75 Å². The molecule has 2 aromatic heterocycles. The monoisotopic (exact) mass is 447 g/mol. The maximum Gasteiger partial charge on any atom is 0.258 e. The van der Waals surface area contributed by atoms with Crippen LogP contribution in [0.2, 0.25) is 0 Å². The number of likely N-dealkylation sites (tertiary alicyclic amines) is 1. The molecule has 2 aliphatic rings. The predicted molar refractivity (Wildman–Crippen MR) is 129 cm³/mol. The van der Waals surface area contributed by atoms with Crippen LogP contribution in [-0.2, 0) is 0 Å². The van der Waals surface area contributed by atoms with Gasteiger partial charge in [0.2, 0.25) is 0 Å². The number of fused-ring (bicyclic) bond motifs is 1. The lowest BCUT2D eigenvalue weighted by Crippen LogP contribution is -2.39. The normalized spacial score (nSPS) is 21.1. The number of carbonyl (C=O) groups is 1. The number of piperidine rings is 1. The highest BCUT2D eigenvalue weighted by Crippen LogP contribution is 2.34. The van der Waals surface area contributed by atoms with Gasteiger partial charge in [-0.25, -0.2) is 9.50 Å². The van der Waals surface area contributed by atoms with Crippen molar-refractivity contribution in [2.45, 2.75) is 52.5 Å². The van der Waals surface area contributed by atoms with Gasteiger partial charge in [0.15, 0.2) is 5.65 Å². The number of anilines is 1. The molecule has 2 fully saturated rings. The zero-order valence-electron chi connectivity index (χ0n) is 20.0. The van der Waals surface area contributed by atoms with Gasteiger partial charge in [-0.05, 0) is 57.6 Å². The molecule has 0 radical (unpaired) electrons. The molecule has 2 saturated heterocycles. The summed E-state index contributed by atoms with van der Waals surface area (Å²) in [5, 5.41) is 4.88. The fraction of sp³-hybridized carbons (Fsp3) is 0.500.